The van der Waals surface area contributed by atoms with E-state index in [1.165, 1.54) is 12.1 Å². The van der Waals surface area contributed by atoms with Gasteiger partial charge in [0.25, 0.3) is 5.91 Å². The number of carbonyl (C=O) groups excluding carboxylic acids is 2. The Bertz CT molecular complexity index is 874. The largest absolute Gasteiger partial charge is 0.371 e. The fourth-order valence-corrected chi connectivity index (χ4v) is 3.49. The first-order valence-electron chi connectivity index (χ1n) is 10.1. The van der Waals surface area contributed by atoms with Crippen molar-refractivity contribution in [3.05, 3.63) is 59.4 Å². The number of carbonyl (C=O) groups is 2. The Balaban J connectivity index is 1.72. The molecule has 6 heteroatoms. The SMILES string of the molecule is Cc1ccc(C(=O)NC(C(=O)Nc2cc(F)cc(N3CCCC3)c2)C(C)C)cc1. The minimum atomic E-state index is -0.734. The minimum absolute atomic E-state index is 0.129. The standard InChI is InChI=1S/C23H28FN3O2/c1-15(2)21(26-22(28)17-8-6-16(3)7-9-17)23(29)25-19-12-18(24)13-20(14-19)27-10-4-5-11-27/h6-9,12-15,21H,4-5,10-11H2,1-3H3,(H,25,29)(H,26,28). The van der Waals surface area contributed by atoms with Crippen LogP contribution in [0.15, 0.2) is 42.5 Å². The highest BCUT2D eigenvalue weighted by Gasteiger charge is 2.25. The molecule has 29 heavy (non-hydrogen) atoms. The molecule has 1 unspecified atom stereocenters. The second-order valence-corrected chi connectivity index (χ2v) is 7.94. The lowest BCUT2D eigenvalue weighted by atomic mass is 10.0. The molecular weight excluding hydrogens is 369 g/mol. The normalized spacial score (nSPS) is 14.7. The van der Waals surface area contributed by atoms with Gasteiger partial charge in [0.2, 0.25) is 5.91 Å². The molecule has 1 heterocycles. The van der Waals surface area contributed by atoms with Crippen LogP contribution in [0, 0.1) is 18.7 Å². The van der Waals surface area contributed by atoms with Crippen LogP contribution in [0.25, 0.3) is 0 Å². The van der Waals surface area contributed by atoms with E-state index in [1.807, 2.05) is 32.9 Å². The van der Waals surface area contributed by atoms with Crippen LogP contribution in [0.5, 0.6) is 0 Å². The first-order valence-corrected chi connectivity index (χ1v) is 10.1. The summed E-state index contributed by atoms with van der Waals surface area (Å²) in [5, 5.41) is 5.58. The number of anilines is 2. The Labute approximate surface area is 171 Å². The molecule has 1 aliphatic heterocycles. The second-order valence-electron chi connectivity index (χ2n) is 7.94. The van der Waals surface area contributed by atoms with Crippen molar-refractivity contribution in [3.63, 3.8) is 0 Å². The number of rotatable bonds is 6. The van der Waals surface area contributed by atoms with Crippen molar-refractivity contribution in [3.8, 4) is 0 Å². The third-order valence-corrected chi connectivity index (χ3v) is 5.17. The number of hydrogen-bond acceptors (Lipinski definition) is 3. The molecule has 0 aromatic heterocycles. The number of nitrogens with one attached hydrogen (secondary N) is 2. The van der Waals surface area contributed by atoms with Crippen LogP contribution in [0.1, 0.15) is 42.6 Å². The summed E-state index contributed by atoms with van der Waals surface area (Å²) in [4.78, 5) is 27.5. The van der Waals surface area contributed by atoms with Crippen LogP contribution in [-0.4, -0.2) is 30.9 Å². The van der Waals surface area contributed by atoms with Gasteiger partial charge in [0, 0.05) is 30.0 Å². The van der Waals surface area contributed by atoms with Gasteiger partial charge in [-0.25, -0.2) is 4.39 Å². The third kappa shape index (κ3) is 5.34. The van der Waals surface area contributed by atoms with Gasteiger partial charge in [-0.2, -0.15) is 0 Å². The van der Waals surface area contributed by atoms with Crippen LogP contribution in [0.4, 0.5) is 15.8 Å². The topological polar surface area (TPSA) is 61.4 Å². The Morgan fingerprint density at radius 2 is 1.69 bits per heavy atom. The fourth-order valence-electron chi connectivity index (χ4n) is 3.49. The number of hydrogen-bond donors (Lipinski definition) is 2. The van der Waals surface area contributed by atoms with E-state index in [0.29, 0.717) is 11.3 Å². The third-order valence-electron chi connectivity index (χ3n) is 5.17. The van der Waals surface area contributed by atoms with E-state index in [2.05, 4.69) is 15.5 Å². The van der Waals surface area contributed by atoms with Gasteiger partial charge in [-0.15, -0.1) is 0 Å². The average Bonchev–Trinajstić information content (AvgIpc) is 3.20. The number of nitrogens with zero attached hydrogens (tertiary/aromatic N) is 1. The maximum atomic E-state index is 14.1. The number of amides is 2. The van der Waals surface area contributed by atoms with Gasteiger partial charge < -0.3 is 15.5 Å². The van der Waals surface area contributed by atoms with Crippen LogP contribution < -0.4 is 15.5 Å². The summed E-state index contributed by atoms with van der Waals surface area (Å²) in [5.41, 5.74) is 2.71. The van der Waals surface area contributed by atoms with Gasteiger partial charge in [-0.1, -0.05) is 31.5 Å². The first-order chi connectivity index (χ1) is 13.8. The van der Waals surface area contributed by atoms with Crippen molar-refractivity contribution in [1.29, 1.82) is 0 Å². The Morgan fingerprint density at radius 3 is 2.31 bits per heavy atom. The molecule has 1 atom stereocenters. The smallest absolute Gasteiger partial charge is 0.251 e. The Hall–Kier alpha value is -2.89. The predicted octanol–water partition coefficient (Wildman–Crippen LogP) is 4.13. The summed E-state index contributed by atoms with van der Waals surface area (Å²) in [6.45, 7) is 7.44. The van der Waals surface area contributed by atoms with Crippen molar-refractivity contribution in [1.82, 2.24) is 5.32 Å². The van der Waals surface area contributed by atoms with Crippen molar-refractivity contribution in [2.24, 2.45) is 5.92 Å². The van der Waals surface area contributed by atoms with Crippen molar-refractivity contribution in [2.75, 3.05) is 23.3 Å². The zero-order chi connectivity index (χ0) is 21.0. The lowest BCUT2D eigenvalue weighted by molar-refractivity contribution is -0.118. The maximum Gasteiger partial charge on any atom is 0.251 e. The van der Waals surface area contributed by atoms with Crippen molar-refractivity contribution < 1.29 is 14.0 Å². The number of benzene rings is 2. The van der Waals surface area contributed by atoms with Crippen LogP contribution in [0.3, 0.4) is 0 Å². The van der Waals surface area contributed by atoms with Crippen LogP contribution >= 0.6 is 0 Å². The van der Waals surface area contributed by atoms with E-state index < -0.39 is 11.9 Å². The highest BCUT2D eigenvalue weighted by Crippen LogP contribution is 2.25. The molecule has 0 radical (unpaired) electrons. The molecule has 1 aliphatic rings. The Kier molecular flexibility index (Phi) is 6.52. The van der Waals surface area contributed by atoms with Crippen LogP contribution in [0.2, 0.25) is 0 Å². The van der Waals surface area contributed by atoms with Gasteiger partial charge in [-0.05, 0) is 56.0 Å². The summed E-state index contributed by atoms with van der Waals surface area (Å²) in [5.74, 6) is -1.19. The van der Waals surface area contributed by atoms with E-state index >= 15 is 0 Å². The van der Waals surface area contributed by atoms with Gasteiger partial charge in [0.15, 0.2) is 0 Å². The highest BCUT2D eigenvalue weighted by molar-refractivity contribution is 6.01. The lowest BCUT2D eigenvalue weighted by Crippen LogP contribution is -2.47. The number of halogens is 1. The predicted molar refractivity (Wildman–Crippen MR) is 114 cm³/mol. The van der Waals surface area contributed by atoms with Gasteiger partial charge in [0.05, 0.1) is 0 Å². The molecule has 2 aromatic carbocycles. The molecule has 2 aromatic rings. The summed E-state index contributed by atoms with van der Waals surface area (Å²) >= 11 is 0. The van der Waals surface area contributed by atoms with Crippen molar-refractivity contribution in [2.45, 2.75) is 39.7 Å². The molecule has 2 N–H and O–H groups in total. The monoisotopic (exact) mass is 397 g/mol. The van der Waals surface area contributed by atoms with E-state index in [0.717, 1.165) is 37.2 Å². The van der Waals surface area contributed by atoms with Gasteiger partial charge in [0.1, 0.15) is 11.9 Å². The van der Waals surface area contributed by atoms with E-state index in [1.54, 1.807) is 18.2 Å². The minimum Gasteiger partial charge on any atom is -0.371 e. The first kappa shape index (κ1) is 20.8. The zero-order valence-electron chi connectivity index (χ0n) is 17.2. The molecular formula is C23H28FN3O2. The van der Waals surface area contributed by atoms with Crippen molar-refractivity contribution >= 4 is 23.2 Å². The summed E-state index contributed by atoms with van der Waals surface area (Å²) in [7, 11) is 0. The Morgan fingerprint density at radius 1 is 1.03 bits per heavy atom. The maximum absolute atomic E-state index is 14.1. The lowest BCUT2D eigenvalue weighted by Gasteiger charge is -2.23. The fraction of sp³-hybridized carbons (Fsp3) is 0.391. The molecule has 0 aliphatic carbocycles. The molecule has 154 valence electrons. The average molecular weight is 397 g/mol. The van der Waals surface area contributed by atoms with Gasteiger partial charge >= 0.3 is 0 Å². The second kappa shape index (κ2) is 9.07. The quantitative estimate of drug-likeness (QED) is 0.771. The molecule has 0 saturated carbocycles. The molecule has 5 nitrogen and oxygen atoms in total. The van der Waals surface area contributed by atoms with E-state index in [4.69, 9.17) is 0 Å². The van der Waals surface area contributed by atoms with Gasteiger partial charge in [-0.3, -0.25) is 9.59 Å². The van der Waals surface area contributed by atoms with Crippen LogP contribution in [-0.2, 0) is 4.79 Å². The number of aryl methyl sites for hydroxylation is 1. The molecule has 0 spiro atoms. The molecule has 1 fully saturated rings. The molecule has 2 amide bonds. The summed E-state index contributed by atoms with van der Waals surface area (Å²) in [6.07, 6.45) is 2.16. The summed E-state index contributed by atoms with van der Waals surface area (Å²) in [6, 6.07) is 11.0. The summed E-state index contributed by atoms with van der Waals surface area (Å²) < 4.78 is 14.1. The molecule has 3 rings (SSSR count). The highest BCUT2D eigenvalue weighted by atomic mass is 19.1. The van der Waals surface area contributed by atoms with E-state index in [-0.39, 0.29) is 17.7 Å². The zero-order valence-corrected chi connectivity index (χ0v) is 17.2. The molecule has 0 bridgehead atoms. The van der Waals surface area contributed by atoms with E-state index in [9.17, 15) is 14.0 Å². The molecule has 1 saturated heterocycles.